The molecule has 0 spiro atoms. The molecule has 18 heavy (non-hydrogen) atoms. The summed E-state index contributed by atoms with van der Waals surface area (Å²) >= 11 is 0. The van der Waals surface area contributed by atoms with Gasteiger partial charge in [0.25, 0.3) is 11.7 Å². The zero-order valence-electron chi connectivity index (χ0n) is 9.77. The highest BCUT2D eigenvalue weighted by molar-refractivity contribution is 6.52. The van der Waals surface area contributed by atoms with E-state index < -0.39 is 17.7 Å². The number of rotatable bonds is 3. The molecule has 1 aliphatic rings. The smallest absolute Gasteiger partial charge is 0.332 e. The Morgan fingerprint density at radius 2 is 2.06 bits per heavy atom. The van der Waals surface area contributed by atoms with Gasteiger partial charge in [-0.25, -0.2) is 4.79 Å². The van der Waals surface area contributed by atoms with Crippen molar-refractivity contribution in [2.24, 2.45) is 0 Å². The van der Waals surface area contributed by atoms with Gasteiger partial charge in [0.05, 0.1) is 17.8 Å². The fourth-order valence-electron chi connectivity index (χ4n) is 1.83. The van der Waals surface area contributed by atoms with Crippen LogP contribution in [0.25, 0.3) is 0 Å². The van der Waals surface area contributed by atoms with E-state index in [1.165, 1.54) is 0 Å². The largest absolute Gasteiger partial charge is 0.478 e. The summed E-state index contributed by atoms with van der Waals surface area (Å²) in [5.74, 6) is -2.50. The Bertz CT molecular complexity index is 589. The molecule has 0 atom stereocenters. The van der Waals surface area contributed by atoms with Crippen molar-refractivity contribution < 1.29 is 19.5 Å². The van der Waals surface area contributed by atoms with Gasteiger partial charge in [-0.1, -0.05) is 18.2 Å². The van der Waals surface area contributed by atoms with Crippen LogP contribution in [-0.2, 0) is 9.59 Å². The number of ketones is 1. The Labute approximate surface area is 103 Å². The lowest BCUT2D eigenvalue weighted by atomic mass is 10.1. The van der Waals surface area contributed by atoms with Gasteiger partial charge < -0.3 is 10.0 Å². The van der Waals surface area contributed by atoms with Crippen molar-refractivity contribution in [3.8, 4) is 0 Å². The van der Waals surface area contributed by atoms with Gasteiger partial charge in [-0.2, -0.15) is 0 Å². The van der Waals surface area contributed by atoms with E-state index in [1.807, 2.05) is 6.92 Å². The van der Waals surface area contributed by atoms with Gasteiger partial charge in [0.15, 0.2) is 0 Å². The quantitative estimate of drug-likeness (QED) is 0.640. The molecular weight excluding hydrogens is 234 g/mol. The van der Waals surface area contributed by atoms with E-state index in [-0.39, 0.29) is 12.1 Å². The van der Waals surface area contributed by atoms with Crippen LogP contribution in [0.15, 0.2) is 30.4 Å². The van der Waals surface area contributed by atoms with Gasteiger partial charge >= 0.3 is 5.97 Å². The lowest BCUT2D eigenvalue weighted by molar-refractivity contribution is -0.132. The molecule has 0 fully saturated rings. The van der Waals surface area contributed by atoms with Gasteiger partial charge in [0.2, 0.25) is 0 Å². The number of fused-ring (bicyclic) bond motifs is 1. The van der Waals surface area contributed by atoms with Crippen LogP contribution in [0.4, 0.5) is 5.69 Å². The van der Waals surface area contributed by atoms with E-state index in [2.05, 4.69) is 6.58 Å². The van der Waals surface area contributed by atoms with Crippen molar-refractivity contribution >= 4 is 23.3 Å². The molecule has 0 saturated heterocycles. The molecule has 0 bridgehead atoms. The third kappa shape index (κ3) is 1.79. The summed E-state index contributed by atoms with van der Waals surface area (Å²) in [6.45, 7) is 4.99. The molecule has 1 aromatic carbocycles. The van der Waals surface area contributed by atoms with E-state index >= 15 is 0 Å². The molecule has 1 N–H and O–H groups in total. The second-order valence-corrected chi connectivity index (χ2v) is 4.15. The van der Waals surface area contributed by atoms with Crippen LogP contribution in [0.2, 0.25) is 0 Å². The van der Waals surface area contributed by atoms with E-state index in [0.717, 1.165) is 10.5 Å². The van der Waals surface area contributed by atoms with Crippen LogP contribution in [0, 0.1) is 6.92 Å². The summed E-state index contributed by atoms with van der Waals surface area (Å²) in [6, 6.07) is 5.03. The summed E-state index contributed by atoms with van der Waals surface area (Å²) in [7, 11) is 0. The summed E-state index contributed by atoms with van der Waals surface area (Å²) in [4.78, 5) is 35.4. The second-order valence-electron chi connectivity index (χ2n) is 4.15. The average Bonchev–Trinajstić information content (AvgIpc) is 2.54. The van der Waals surface area contributed by atoms with Crippen LogP contribution >= 0.6 is 0 Å². The molecule has 0 saturated carbocycles. The van der Waals surface area contributed by atoms with Crippen molar-refractivity contribution in [3.05, 3.63) is 41.5 Å². The normalized spacial score (nSPS) is 13.7. The molecule has 1 aliphatic heterocycles. The zero-order chi connectivity index (χ0) is 13.4. The molecule has 5 heteroatoms. The number of amides is 1. The van der Waals surface area contributed by atoms with Crippen molar-refractivity contribution in [3.63, 3.8) is 0 Å². The number of Topliss-reactive ketones (excluding diaryl/α,β-unsaturated/α-hetero) is 1. The number of hydrogen-bond acceptors (Lipinski definition) is 3. The first kappa shape index (κ1) is 12.0. The summed E-state index contributed by atoms with van der Waals surface area (Å²) in [5.41, 5.74) is 1.49. The molecule has 1 aromatic rings. The Balaban J connectivity index is 2.40. The first-order valence-electron chi connectivity index (χ1n) is 5.29. The third-order valence-electron chi connectivity index (χ3n) is 2.78. The number of aliphatic carboxylic acids is 1. The fraction of sp³-hybridized carbons (Fsp3) is 0.154. The maximum Gasteiger partial charge on any atom is 0.332 e. The minimum atomic E-state index is -1.18. The van der Waals surface area contributed by atoms with Crippen molar-refractivity contribution in [1.29, 1.82) is 0 Å². The van der Waals surface area contributed by atoms with Gasteiger partial charge in [0, 0.05) is 5.57 Å². The van der Waals surface area contributed by atoms with E-state index in [9.17, 15) is 14.4 Å². The number of nitrogens with zero attached hydrogens (tertiary/aromatic N) is 1. The number of carbonyl (C=O) groups is 3. The monoisotopic (exact) mass is 245 g/mol. The molecule has 5 nitrogen and oxygen atoms in total. The first-order chi connectivity index (χ1) is 8.41. The van der Waals surface area contributed by atoms with Gasteiger partial charge in [-0.15, -0.1) is 0 Å². The van der Waals surface area contributed by atoms with E-state index in [4.69, 9.17) is 5.11 Å². The van der Waals surface area contributed by atoms with E-state index in [1.54, 1.807) is 18.2 Å². The second kappa shape index (κ2) is 4.10. The fourth-order valence-corrected chi connectivity index (χ4v) is 1.83. The molecule has 0 aliphatic carbocycles. The topological polar surface area (TPSA) is 74.7 Å². The molecule has 0 aromatic heterocycles. The highest BCUT2D eigenvalue weighted by Crippen LogP contribution is 2.30. The van der Waals surface area contributed by atoms with Crippen molar-refractivity contribution in [1.82, 2.24) is 0 Å². The number of carbonyl (C=O) groups excluding carboxylic acids is 2. The zero-order valence-corrected chi connectivity index (χ0v) is 9.77. The molecule has 0 unspecified atom stereocenters. The van der Waals surface area contributed by atoms with Crippen molar-refractivity contribution in [2.45, 2.75) is 6.92 Å². The number of benzene rings is 1. The van der Waals surface area contributed by atoms with Crippen LogP contribution < -0.4 is 4.90 Å². The Morgan fingerprint density at radius 3 is 2.67 bits per heavy atom. The summed E-state index contributed by atoms with van der Waals surface area (Å²) in [5, 5.41) is 8.76. The number of carboxylic acid groups (broad SMARTS) is 1. The Hall–Kier alpha value is -2.43. The molecule has 92 valence electrons. The van der Waals surface area contributed by atoms with Crippen LogP contribution in [0.3, 0.4) is 0 Å². The molecule has 0 radical (unpaired) electrons. The first-order valence-corrected chi connectivity index (χ1v) is 5.29. The standard InChI is InChI=1S/C13H11NO4/c1-7-3-4-10-9(5-7)11(15)12(16)14(10)6-8(2)13(17)18/h3-5H,2,6H2,1H3,(H,17,18). The molecular formula is C13H11NO4. The number of hydrogen-bond donors (Lipinski definition) is 1. The van der Waals surface area contributed by atoms with Crippen molar-refractivity contribution in [2.75, 3.05) is 11.4 Å². The molecule has 1 amide bonds. The lowest BCUT2D eigenvalue weighted by Crippen LogP contribution is -2.32. The molecule has 1 heterocycles. The minimum Gasteiger partial charge on any atom is -0.478 e. The van der Waals surface area contributed by atoms with Gasteiger partial charge in [0.1, 0.15) is 0 Å². The minimum absolute atomic E-state index is 0.135. The lowest BCUT2D eigenvalue weighted by Gasteiger charge is -2.16. The Morgan fingerprint density at radius 1 is 1.39 bits per heavy atom. The summed E-state index contributed by atoms with van der Waals surface area (Å²) in [6.07, 6.45) is 0. The van der Waals surface area contributed by atoms with Crippen LogP contribution in [-0.4, -0.2) is 29.3 Å². The highest BCUT2D eigenvalue weighted by atomic mass is 16.4. The van der Waals surface area contributed by atoms with Gasteiger partial charge in [-0.05, 0) is 19.1 Å². The molecule has 2 rings (SSSR count). The van der Waals surface area contributed by atoms with Gasteiger partial charge in [-0.3, -0.25) is 9.59 Å². The maximum absolute atomic E-state index is 11.8. The third-order valence-corrected chi connectivity index (χ3v) is 2.78. The van der Waals surface area contributed by atoms with Crippen LogP contribution in [0.5, 0.6) is 0 Å². The average molecular weight is 245 g/mol. The number of carboxylic acids is 1. The Kier molecular flexibility index (Phi) is 2.74. The van der Waals surface area contributed by atoms with E-state index in [0.29, 0.717) is 11.3 Å². The number of anilines is 1. The number of aryl methyl sites for hydroxylation is 1. The predicted octanol–water partition coefficient (Wildman–Crippen LogP) is 1.17. The van der Waals surface area contributed by atoms with Crippen LogP contribution in [0.1, 0.15) is 15.9 Å². The maximum atomic E-state index is 11.8. The highest BCUT2D eigenvalue weighted by Gasteiger charge is 2.36. The summed E-state index contributed by atoms with van der Waals surface area (Å²) < 4.78 is 0. The SMILES string of the molecule is C=C(CN1C(=O)C(=O)c2cc(C)ccc21)C(=O)O. The predicted molar refractivity (Wildman–Crippen MR) is 64.6 cm³/mol.